The molecular formula is C7H7N3O2S. The molecule has 1 N–H and O–H groups in total. The Bertz CT molecular complexity index is 369. The fourth-order valence-electron chi connectivity index (χ4n) is 1.24. The topological polar surface area (TPSA) is 58.4 Å². The zero-order valence-corrected chi connectivity index (χ0v) is 7.49. The fourth-order valence-corrected chi connectivity index (χ4v) is 1.48. The number of fused-ring (bicyclic) bond motifs is 1. The van der Waals surface area contributed by atoms with E-state index in [0.717, 1.165) is 11.4 Å². The highest BCUT2D eigenvalue weighted by atomic mass is 32.1. The first-order valence-corrected chi connectivity index (χ1v) is 4.07. The lowest BCUT2D eigenvalue weighted by atomic mass is 10.2. The number of nitrogens with one attached hydrogen (secondary N) is 1. The molecule has 0 aliphatic carbocycles. The minimum absolute atomic E-state index is 0.0847. The molecule has 0 bridgehead atoms. The molecule has 1 heterocycles. The molecule has 1 aromatic carbocycles. The molecule has 0 atom stereocenters. The van der Waals surface area contributed by atoms with Crippen LogP contribution >= 0.6 is 12.8 Å². The highest BCUT2D eigenvalue weighted by Gasteiger charge is 2.18. The van der Waals surface area contributed by atoms with Gasteiger partial charge in [-0.05, 0) is 6.07 Å². The van der Waals surface area contributed by atoms with E-state index in [2.05, 4.69) is 18.1 Å². The summed E-state index contributed by atoms with van der Waals surface area (Å²) in [5.41, 5.74) is 1.71. The Labute approximate surface area is 80.0 Å². The first-order chi connectivity index (χ1) is 6.18. The number of anilines is 2. The summed E-state index contributed by atoms with van der Waals surface area (Å²) >= 11 is 4.14. The van der Waals surface area contributed by atoms with Crippen LogP contribution in [0.25, 0.3) is 0 Å². The Hall–Kier alpha value is -1.43. The highest BCUT2D eigenvalue weighted by Crippen LogP contribution is 2.35. The average molecular weight is 197 g/mol. The van der Waals surface area contributed by atoms with Gasteiger partial charge in [-0.1, -0.05) is 12.8 Å². The van der Waals surface area contributed by atoms with E-state index in [1.807, 2.05) is 0 Å². The largest absolute Gasteiger partial charge is 0.365 e. The predicted octanol–water partition coefficient (Wildman–Crippen LogP) is 1.63. The summed E-state index contributed by atoms with van der Waals surface area (Å²) in [6.07, 6.45) is 0. The van der Waals surface area contributed by atoms with E-state index in [1.165, 1.54) is 12.1 Å². The molecular weight excluding hydrogens is 190 g/mol. The number of nitro benzene ring substituents is 1. The summed E-state index contributed by atoms with van der Waals surface area (Å²) in [4.78, 5) is 10.0. The molecule has 6 heteroatoms. The van der Waals surface area contributed by atoms with Crippen molar-refractivity contribution in [2.75, 3.05) is 16.3 Å². The van der Waals surface area contributed by atoms with Crippen molar-refractivity contribution in [3.8, 4) is 0 Å². The van der Waals surface area contributed by atoms with Crippen LogP contribution in [0, 0.1) is 10.1 Å². The van der Waals surface area contributed by atoms with Gasteiger partial charge in [-0.3, -0.25) is 14.4 Å². The van der Waals surface area contributed by atoms with Gasteiger partial charge in [-0.25, -0.2) is 0 Å². The van der Waals surface area contributed by atoms with E-state index in [0.29, 0.717) is 6.67 Å². The van der Waals surface area contributed by atoms with Crippen LogP contribution in [0.2, 0.25) is 0 Å². The van der Waals surface area contributed by atoms with Crippen LogP contribution < -0.4 is 9.62 Å². The lowest BCUT2D eigenvalue weighted by molar-refractivity contribution is -0.384. The molecule has 2 rings (SSSR count). The van der Waals surface area contributed by atoms with Gasteiger partial charge in [0.2, 0.25) is 0 Å². The third-order valence-corrected chi connectivity index (χ3v) is 2.25. The minimum atomic E-state index is -0.416. The van der Waals surface area contributed by atoms with Crippen molar-refractivity contribution in [1.82, 2.24) is 0 Å². The van der Waals surface area contributed by atoms with Gasteiger partial charge in [0, 0.05) is 12.1 Å². The van der Waals surface area contributed by atoms with E-state index < -0.39 is 4.92 Å². The molecule has 5 nitrogen and oxygen atoms in total. The van der Waals surface area contributed by atoms with Crippen LogP contribution in [0.4, 0.5) is 17.1 Å². The van der Waals surface area contributed by atoms with Gasteiger partial charge >= 0.3 is 0 Å². The molecule has 0 saturated carbocycles. The lowest BCUT2D eigenvalue weighted by Crippen LogP contribution is -2.09. The molecule has 68 valence electrons. The van der Waals surface area contributed by atoms with Crippen molar-refractivity contribution in [3.05, 3.63) is 28.3 Å². The molecule has 0 saturated heterocycles. The maximum atomic E-state index is 10.4. The first-order valence-electron chi connectivity index (χ1n) is 3.67. The van der Waals surface area contributed by atoms with Crippen LogP contribution in [0.15, 0.2) is 18.2 Å². The van der Waals surface area contributed by atoms with Crippen molar-refractivity contribution in [2.24, 2.45) is 0 Å². The number of hydrogen-bond donors (Lipinski definition) is 2. The molecule has 0 radical (unpaired) electrons. The van der Waals surface area contributed by atoms with Crippen LogP contribution in [0.1, 0.15) is 0 Å². The van der Waals surface area contributed by atoms with E-state index in [4.69, 9.17) is 0 Å². The molecule has 0 amide bonds. The van der Waals surface area contributed by atoms with Crippen molar-refractivity contribution in [2.45, 2.75) is 0 Å². The van der Waals surface area contributed by atoms with Crippen LogP contribution in [0.5, 0.6) is 0 Å². The lowest BCUT2D eigenvalue weighted by Gasteiger charge is -2.06. The van der Waals surface area contributed by atoms with Crippen LogP contribution in [-0.4, -0.2) is 11.6 Å². The standard InChI is InChI=1S/C7H7N3O2S/c11-10(12)5-1-2-6-7(3-5)9(13)4-8-6/h1-3,8,13H,4H2. The number of nitrogens with zero attached hydrogens (tertiary/aromatic N) is 2. The second kappa shape index (κ2) is 2.81. The van der Waals surface area contributed by atoms with Gasteiger partial charge in [0.1, 0.15) is 0 Å². The molecule has 0 fully saturated rings. The van der Waals surface area contributed by atoms with Gasteiger partial charge in [0.25, 0.3) is 5.69 Å². The number of benzene rings is 1. The van der Waals surface area contributed by atoms with E-state index in [-0.39, 0.29) is 5.69 Å². The summed E-state index contributed by atoms with van der Waals surface area (Å²) in [5.74, 6) is 0. The smallest absolute Gasteiger partial charge is 0.271 e. The normalized spacial score (nSPS) is 13.8. The Balaban J connectivity index is 2.47. The molecule has 1 aliphatic rings. The SMILES string of the molecule is O=[N+]([O-])c1ccc2c(c1)N(S)CN2. The summed E-state index contributed by atoms with van der Waals surface area (Å²) < 4.78 is 1.63. The van der Waals surface area contributed by atoms with Gasteiger partial charge < -0.3 is 5.32 Å². The monoisotopic (exact) mass is 197 g/mol. The third kappa shape index (κ3) is 1.29. The highest BCUT2D eigenvalue weighted by molar-refractivity contribution is 7.81. The number of rotatable bonds is 1. The molecule has 0 unspecified atom stereocenters. The zero-order chi connectivity index (χ0) is 9.42. The number of non-ortho nitro benzene ring substituents is 1. The molecule has 0 spiro atoms. The predicted molar refractivity (Wildman–Crippen MR) is 53.1 cm³/mol. The van der Waals surface area contributed by atoms with Crippen molar-refractivity contribution < 1.29 is 4.92 Å². The van der Waals surface area contributed by atoms with E-state index in [1.54, 1.807) is 10.4 Å². The molecule has 13 heavy (non-hydrogen) atoms. The van der Waals surface area contributed by atoms with Crippen molar-refractivity contribution >= 4 is 29.9 Å². The van der Waals surface area contributed by atoms with E-state index in [9.17, 15) is 10.1 Å². The molecule has 1 aromatic rings. The molecule has 0 aromatic heterocycles. The molecule has 1 aliphatic heterocycles. The summed E-state index contributed by atoms with van der Waals surface area (Å²) in [6.45, 7) is 0.569. The average Bonchev–Trinajstić information content (AvgIpc) is 2.47. The number of nitro groups is 1. The van der Waals surface area contributed by atoms with Crippen molar-refractivity contribution in [3.63, 3.8) is 0 Å². The number of thiol groups is 1. The Kier molecular flexibility index (Phi) is 1.77. The van der Waals surface area contributed by atoms with Gasteiger partial charge in [-0.15, -0.1) is 0 Å². The quantitative estimate of drug-likeness (QED) is 0.408. The van der Waals surface area contributed by atoms with Gasteiger partial charge in [-0.2, -0.15) is 0 Å². The van der Waals surface area contributed by atoms with E-state index >= 15 is 0 Å². The minimum Gasteiger partial charge on any atom is -0.365 e. The maximum absolute atomic E-state index is 10.4. The fraction of sp³-hybridized carbons (Fsp3) is 0.143. The van der Waals surface area contributed by atoms with Gasteiger partial charge in [0.15, 0.2) is 0 Å². The Morgan fingerprint density at radius 2 is 2.38 bits per heavy atom. The Morgan fingerprint density at radius 3 is 3.08 bits per heavy atom. The Morgan fingerprint density at radius 1 is 1.62 bits per heavy atom. The second-order valence-electron chi connectivity index (χ2n) is 2.69. The summed E-state index contributed by atoms with van der Waals surface area (Å²) in [7, 11) is 0. The van der Waals surface area contributed by atoms with Crippen LogP contribution in [0.3, 0.4) is 0 Å². The second-order valence-corrected chi connectivity index (χ2v) is 3.18. The van der Waals surface area contributed by atoms with Crippen molar-refractivity contribution in [1.29, 1.82) is 0 Å². The summed E-state index contributed by atoms with van der Waals surface area (Å²) in [5, 5.41) is 13.5. The maximum Gasteiger partial charge on any atom is 0.271 e. The van der Waals surface area contributed by atoms with Crippen LogP contribution in [-0.2, 0) is 0 Å². The summed E-state index contributed by atoms with van der Waals surface area (Å²) in [6, 6.07) is 4.66. The van der Waals surface area contributed by atoms with Gasteiger partial charge in [0.05, 0.1) is 23.0 Å². The first kappa shape index (κ1) is 8.18. The number of hydrogen-bond acceptors (Lipinski definition) is 5. The zero-order valence-electron chi connectivity index (χ0n) is 6.60. The third-order valence-electron chi connectivity index (χ3n) is 1.89.